The molecule has 1 aromatic heterocycles. The first kappa shape index (κ1) is 18.3. The lowest BCUT2D eigenvalue weighted by Crippen LogP contribution is -2.22. The summed E-state index contributed by atoms with van der Waals surface area (Å²) in [5.74, 6) is -0.192. The fourth-order valence-electron chi connectivity index (χ4n) is 1.34. The molecular weight excluding hydrogens is 324 g/mol. The number of aromatic nitrogens is 2. The monoisotopic (exact) mass is 335 g/mol. The Morgan fingerprint density at radius 1 is 1.68 bits per heavy atom. The second-order valence-electron chi connectivity index (χ2n) is 3.40. The van der Waals surface area contributed by atoms with Gasteiger partial charge in [0.2, 0.25) is 0 Å². The molecule has 0 aliphatic rings. The van der Waals surface area contributed by atoms with E-state index in [4.69, 9.17) is 21.4 Å². The molecule has 0 spiro atoms. The zero-order valence-corrected chi connectivity index (χ0v) is 12.1. The number of imidazole rings is 1. The van der Waals surface area contributed by atoms with Gasteiger partial charge in [-0.15, -0.1) is 24.0 Å². The van der Waals surface area contributed by atoms with E-state index in [1.165, 1.54) is 11.5 Å². The van der Waals surface area contributed by atoms with Crippen LogP contribution in [0.3, 0.4) is 0 Å². The van der Waals surface area contributed by atoms with Gasteiger partial charge in [-0.25, -0.2) is 14.1 Å². The molecule has 0 aromatic carbocycles. The second-order valence-corrected chi connectivity index (χ2v) is 4.90. The SMILES string of the molecule is Cc1ncc([N+](=O)[O-])n1C[C@@H](CCl)OP(=O)(O)O.Cl. The normalized spacial score (nSPS) is 12.8. The number of phosphoric ester groups is 1. The molecule has 0 amide bonds. The summed E-state index contributed by atoms with van der Waals surface area (Å²) in [5, 5.41) is 10.7. The quantitative estimate of drug-likeness (QED) is 0.346. The Balaban J connectivity index is 0.00000324. The lowest BCUT2D eigenvalue weighted by molar-refractivity contribution is -0.392. The van der Waals surface area contributed by atoms with Crippen LogP contribution in [0.1, 0.15) is 5.82 Å². The smallest absolute Gasteiger partial charge is 0.358 e. The fraction of sp³-hybridized carbons (Fsp3) is 0.571. The number of aryl methyl sites for hydroxylation is 1. The van der Waals surface area contributed by atoms with Crippen molar-refractivity contribution in [3.63, 3.8) is 0 Å². The molecule has 0 saturated carbocycles. The van der Waals surface area contributed by atoms with Crippen LogP contribution in [0.5, 0.6) is 0 Å². The standard InChI is InChI=1S/C7H11ClN3O6P.ClH/c1-5-9-3-7(11(12)13)10(5)4-6(2-8)17-18(14,15)16;/h3,6H,2,4H2,1H3,(H2,14,15,16);1H/t6-;/m1./s1. The minimum atomic E-state index is -4.70. The van der Waals surface area contributed by atoms with Gasteiger partial charge < -0.3 is 19.9 Å². The number of alkyl halides is 1. The molecule has 0 fully saturated rings. The van der Waals surface area contributed by atoms with Crippen LogP contribution in [0.4, 0.5) is 5.82 Å². The maximum Gasteiger partial charge on any atom is 0.470 e. The van der Waals surface area contributed by atoms with Gasteiger partial charge in [0.1, 0.15) is 18.8 Å². The average molecular weight is 336 g/mol. The molecule has 1 rings (SSSR count). The molecule has 1 aromatic rings. The summed E-state index contributed by atoms with van der Waals surface area (Å²) in [6.45, 7) is 1.35. The van der Waals surface area contributed by atoms with Gasteiger partial charge in [0.25, 0.3) is 0 Å². The van der Waals surface area contributed by atoms with Crippen LogP contribution < -0.4 is 0 Å². The van der Waals surface area contributed by atoms with Crippen LogP contribution in [0.25, 0.3) is 0 Å². The van der Waals surface area contributed by atoms with E-state index in [0.717, 1.165) is 6.20 Å². The predicted molar refractivity (Wildman–Crippen MR) is 68.5 cm³/mol. The number of hydrogen-bond acceptors (Lipinski definition) is 5. The zero-order chi connectivity index (χ0) is 13.9. The lowest BCUT2D eigenvalue weighted by atomic mass is 10.4. The van der Waals surface area contributed by atoms with Gasteiger partial charge in [0.05, 0.1) is 5.88 Å². The molecule has 19 heavy (non-hydrogen) atoms. The van der Waals surface area contributed by atoms with Crippen LogP contribution in [-0.4, -0.2) is 36.2 Å². The van der Waals surface area contributed by atoms with Gasteiger partial charge in [0.15, 0.2) is 5.82 Å². The topological polar surface area (TPSA) is 128 Å². The third kappa shape index (κ3) is 5.43. The van der Waals surface area contributed by atoms with Crippen molar-refractivity contribution in [2.24, 2.45) is 0 Å². The highest BCUT2D eigenvalue weighted by Crippen LogP contribution is 2.38. The molecule has 0 unspecified atom stereocenters. The number of nitro groups is 1. The van der Waals surface area contributed by atoms with E-state index >= 15 is 0 Å². The van der Waals surface area contributed by atoms with E-state index in [1.807, 2.05) is 0 Å². The molecule has 0 bridgehead atoms. The lowest BCUT2D eigenvalue weighted by Gasteiger charge is -2.14. The Morgan fingerprint density at radius 3 is 2.68 bits per heavy atom. The largest absolute Gasteiger partial charge is 0.470 e. The van der Waals surface area contributed by atoms with E-state index in [0.29, 0.717) is 5.82 Å². The highest BCUT2D eigenvalue weighted by molar-refractivity contribution is 7.46. The second kappa shape index (κ2) is 7.18. The first-order chi connectivity index (χ1) is 8.24. The molecule has 0 aliphatic carbocycles. The molecule has 12 heteroatoms. The van der Waals surface area contributed by atoms with Gasteiger partial charge in [-0.3, -0.25) is 4.52 Å². The van der Waals surface area contributed by atoms with E-state index in [1.54, 1.807) is 0 Å². The molecule has 2 N–H and O–H groups in total. The van der Waals surface area contributed by atoms with E-state index in [2.05, 4.69) is 9.51 Å². The van der Waals surface area contributed by atoms with Crippen molar-refractivity contribution in [3.8, 4) is 0 Å². The van der Waals surface area contributed by atoms with Crippen molar-refractivity contribution in [2.75, 3.05) is 5.88 Å². The number of phosphoric acid groups is 1. The third-order valence-electron chi connectivity index (χ3n) is 2.07. The Bertz CT molecular complexity index is 489. The van der Waals surface area contributed by atoms with Gasteiger partial charge in [-0.05, 0) is 4.92 Å². The Kier molecular flexibility index (Phi) is 6.92. The van der Waals surface area contributed by atoms with Crippen LogP contribution in [0.15, 0.2) is 6.20 Å². The summed E-state index contributed by atoms with van der Waals surface area (Å²) in [6, 6.07) is 0. The van der Waals surface area contributed by atoms with Crippen molar-refractivity contribution in [1.82, 2.24) is 9.55 Å². The van der Waals surface area contributed by atoms with Gasteiger partial charge in [0, 0.05) is 6.92 Å². The van der Waals surface area contributed by atoms with Crippen molar-refractivity contribution in [2.45, 2.75) is 19.6 Å². The van der Waals surface area contributed by atoms with Crippen molar-refractivity contribution in [3.05, 3.63) is 22.1 Å². The van der Waals surface area contributed by atoms with E-state index in [9.17, 15) is 14.7 Å². The molecule has 0 saturated heterocycles. The molecular formula is C7H12Cl2N3O6P. The first-order valence-corrected chi connectivity index (χ1v) is 6.77. The molecule has 9 nitrogen and oxygen atoms in total. The molecule has 1 atom stereocenters. The average Bonchev–Trinajstić information content (AvgIpc) is 2.57. The molecule has 0 radical (unpaired) electrons. The predicted octanol–water partition coefficient (Wildman–Crippen LogP) is 1.24. The first-order valence-electron chi connectivity index (χ1n) is 4.71. The molecule has 110 valence electrons. The van der Waals surface area contributed by atoms with Gasteiger partial charge >= 0.3 is 13.6 Å². The summed E-state index contributed by atoms with van der Waals surface area (Å²) >= 11 is 5.50. The minimum Gasteiger partial charge on any atom is -0.358 e. The maximum absolute atomic E-state index is 10.7. The summed E-state index contributed by atoms with van der Waals surface area (Å²) in [7, 11) is -4.70. The summed E-state index contributed by atoms with van der Waals surface area (Å²) < 4.78 is 16.3. The summed E-state index contributed by atoms with van der Waals surface area (Å²) in [5.41, 5.74) is 0. The van der Waals surface area contributed by atoms with Gasteiger partial charge in [-0.2, -0.15) is 0 Å². The number of halogens is 2. The zero-order valence-electron chi connectivity index (χ0n) is 9.67. The molecule has 0 aliphatic heterocycles. The van der Waals surface area contributed by atoms with Crippen molar-refractivity contribution < 1.29 is 23.8 Å². The maximum atomic E-state index is 10.7. The Labute approximate surface area is 119 Å². The third-order valence-corrected chi connectivity index (χ3v) is 2.98. The van der Waals surface area contributed by atoms with Crippen LogP contribution >= 0.6 is 31.8 Å². The number of nitrogens with zero attached hydrogens (tertiary/aromatic N) is 3. The highest BCUT2D eigenvalue weighted by atomic mass is 35.5. The Morgan fingerprint density at radius 2 is 2.26 bits per heavy atom. The van der Waals surface area contributed by atoms with Crippen molar-refractivity contribution >= 4 is 37.6 Å². The van der Waals surface area contributed by atoms with E-state index in [-0.39, 0.29) is 30.6 Å². The van der Waals surface area contributed by atoms with Crippen LogP contribution in [0, 0.1) is 17.0 Å². The van der Waals surface area contributed by atoms with Crippen LogP contribution in [-0.2, 0) is 15.6 Å². The number of rotatable bonds is 6. The van der Waals surface area contributed by atoms with Crippen molar-refractivity contribution in [1.29, 1.82) is 0 Å². The molecule has 1 heterocycles. The minimum absolute atomic E-state index is 0. The van der Waals surface area contributed by atoms with E-state index < -0.39 is 18.8 Å². The highest BCUT2D eigenvalue weighted by Gasteiger charge is 2.27. The fourth-order valence-corrected chi connectivity index (χ4v) is 2.11. The number of hydrogen-bond donors (Lipinski definition) is 2. The van der Waals surface area contributed by atoms with Crippen LogP contribution in [0.2, 0.25) is 0 Å². The summed E-state index contributed by atoms with van der Waals surface area (Å²) in [4.78, 5) is 31.1. The summed E-state index contributed by atoms with van der Waals surface area (Å²) in [6.07, 6.45) is -0.00271. The van der Waals surface area contributed by atoms with Gasteiger partial charge in [-0.1, -0.05) is 0 Å². The Hall–Kier alpha value is -0.700.